The number of nitriles is 4. The van der Waals surface area contributed by atoms with Crippen LogP contribution < -0.4 is 39.8 Å². The molecule has 22 nitrogen and oxygen atoms in total. The summed E-state index contributed by atoms with van der Waals surface area (Å²) >= 11 is 0. The Kier molecular flexibility index (Phi) is 24.2. The predicted molar refractivity (Wildman–Crippen MR) is 222 cm³/mol. The quantitative estimate of drug-likeness (QED) is 0.0744. The van der Waals surface area contributed by atoms with Crippen LogP contribution in [-0.2, 0) is 29.2 Å². The van der Waals surface area contributed by atoms with Crippen LogP contribution in [0.15, 0.2) is 24.3 Å². The summed E-state index contributed by atoms with van der Waals surface area (Å²) in [7, 11) is -9.30. The molecule has 0 aliphatic carbocycles. The van der Waals surface area contributed by atoms with Gasteiger partial charge in [-0.2, -0.15) is 16.8 Å². The second-order valence-electron chi connectivity index (χ2n) is 12.4. The highest BCUT2D eigenvalue weighted by molar-refractivity contribution is 7.81. The molecule has 2 aromatic carbocycles. The van der Waals surface area contributed by atoms with Gasteiger partial charge in [0, 0.05) is 20.9 Å². The lowest BCUT2D eigenvalue weighted by atomic mass is 10.1. The van der Waals surface area contributed by atoms with Gasteiger partial charge in [-0.05, 0) is 49.9 Å². The third kappa shape index (κ3) is 19.2. The summed E-state index contributed by atoms with van der Waals surface area (Å²) in [5, 5.41) is 57.0. The lowest BCUT2D eigenvalue weighted by molar-refractivity contribution is 0.0600. The van der Waals surface area contributed by atoms with Gasteiger partial charge in [0.25, 0.3) is 22.8 Å². The van der Waals surface area contributed by atoms with Crippen LogP contribution in [0.3, 0.4) is 0 Å². The highest BCUT2D eigenvalue weighted by atomic mass is 32.3. The molecule has 64 heavy (non-hydrogen) atoms. The largest absolute Gasteiger partial charge is 0.494 e. The monoisotopic (exact) mass is 920 g/mol. The smallest absolute Gasteiger partial charge is 0.397 e. The Balaban J connectivity index is 0.000000640. The van der Waals surface area contributed by atoms with Gasteiger partial charge in [-0.25, -0.2) is 48.8 Å². The number of rotatable bonds is 22. The minimum Gasteiger partial charge on any atom is -0.494 e. The molecule has 0 fully saturated rings. The summed E-state index contributed by atoms with van der Waals surface area (Å²) in [6, 6.07) is 12.1. The highest BCUT2D eigenvalue weighted by Gasteiger charge is 2.17. The summed E-state index contributed by atoms with van der Waals surface area (Å²) < 4.78 is 90.0. The molecule has 24 heteroatoms. The Morgan fingerprint density at radius 3 is 1.19 bits per heavy atom. The van der Waals surface area contributed by atoms with Gasteiger partial charge in [0.15, 0.2) is 0 Å². The third-order valence-corrected chi connectivity index (χ3v) is 8.73. The number of ether oxygens (including phenoxy) is 4. The first-order valence-electron chi connectivity index (χ1n) is 18.5. The number of hydrogen-bond donors (Lipinski definition) is 4. The van der Waals surface area contributed by atoms with Crippen LogP contribution in [0.5, 0.6) is 23.0 Å². The highest BCUT2D eigenvalue weighted by Crippen LogP contribution is 2.15. The zero-order chi connectivity index (χ0) is 48.3. The molecule has 0 radical (unpaired) electrons. The molecule has 2 unspecified atom stereocenters. The van der Waals surface area contributed by atoms with E-state index in [1.165, 1.54) is 18.2 Å². The van der Waals surface area contributed by atoms with E-state index in [0.717, 1.165) is 25.3 Å². The van der Waals surface area contributed by atoms with Crippen LogP contribution in [0.25, 0.3) is 42.2 Å². The van der Waals surface area contributed by atoms with Crippen LogP contribution >= 0.6 is 0 Å². The summed E-state index contributed by atoms with van der Waals surface area (Å²) in [6.07, 6.45) is 1.22. The molecule has 0 aliphatic rings. The number of aliphatic hydroxyl groups excluding tert-OH is 2. The van der Waals surface area contributed by atoms with Crippen molar-refractivity contribution < 1.29 is 63.5 Å². The molecular weight excluding hydrogens is 881 g/mol. The minimum atomic E-state index is -4.79. The molecule has 0 aliphatic heterocycles. The van der Waals surface area contributed by atoms with E-state index >= 15 is 0 Å². The molecule has 2 atom stereocenters. The average molecular weight is 921 g/mol. The van der Waals surface area contributed by atoms with Crippen LogP contribution in [0.2, 0.25) is 0 Å². The van der Waals surface area contributed by atoms with Crippen molar-refractivity contribution in [3.63, 3.8) is 0 Å². The molecule has 336 valence electrons. The zero-order valence-corrected chi connectivity index (χ0v) is 35.8. The Hall–Kier alpha value is -7.30. The van der Waals surface area contributed by atoms with E-state index in [0.29, 0.717) is 19.4 Å². The van der Waals surface area contributed by atoms with E-state index in [4.69, 9.17) is 54.3 Å². The summed E-state index contributed by atoms with van der Waals surface area (Å²) in [4.78, 5) is 12.6. The van der Waals surface area contributed by atoms with Gasteiger partial charge < -0.3 is 29.2 Å². The molecule has 0 spiro atoms. The number of nitrogens with zero attached hydrogens (tertiary/aromatic N) is 8. The SMILES string of the molecule is [C-]#[N+]/C(C#N)=c1/cc(OCC(O)COS(=O)(=O)O)/c(=C(\C#N)[N+]#[C-])cc1OCC(O)CC.[C-]#[N+]/C(C#N)=c1/cc(OCCCCOS(=O)(=O)O)/c(=C(\C#N)[N+]#[C-])cc1OCCCCC. The predicted octanol–water partition coefficient (Wildman–Crippen LogP) is 1.83. The Morgan fingerprint density at radius 2 is 0.875 bits per heavy atom. The summed E-state index contributed by atoms with van der Waals surface area (Å²) in [5.41, 5.74) is -1.31. The molecule has 0 heterocycles. The fourth-order valence-electron chi connectivity index (χ4n) is 4.71. The molecular formula is C40H40N8O14S2. The van der Waals surface area contributed by atoms with Gasteiger partial charge in [0.05, 0.1) is 83.1 Å². The normalized spacial score (nSPS) is 13.5. The maximum Gasteiger partial charge on any atom is 0.397 e. The second kappa shape index (κ2) is 28.3. The Bertz CT molecular complexity index is 2750. The van der Waals surface area contributed by atoms with Crippen molar-refractivity contribution in [3.05, 3.63) is 90.8 Å². The van der Waals surface area contributed by atoms with Crippen molar-refractivity contribution in [2.45, 2.75) is 64.6 Å². The standard InChI is InChI=1S/C21H22N4O6S.C19H18N4O8S/c1-4-5-6-9-29-20-12-17(19(15-23)25-3)21(13-16(20)18(14-22)24-2)30-10-7-8-11-31-32(26,27)28;1-4-12(24)9-29-18-5-15(17(8-21)23-3)19(6-14(18)16(7-20)22-2)30-10-13(25)11-31-32(26,27)28/h12-13H,4-11H2,1H3,(H,26,27,28);5-6,12-13,24-25H,4,9-11H2,1H3,(H,26,27,28)/b18-16-,19-17+;16-14-,17-15+. The van der Waals surface area contributed by atoms with Crippen molar-refractivity contribution in [2.75, 3.05) is 39.6 Å². The number of unbranched alkanes of at least 4 members (excludes halogenated alkanes) is 3. The first-order valence-corrected chi connectivity index (χ1v) is 21.2. The van der Waals surface area contributed by atoms with Crippen LogP contribution in [0, 0.1) is 71.6 Å². The fraction of sp³-hybridized carbons (Fsp3) is 0.400. The van der Waals surface area contributed by atoms with Crippen molar-refractivity contribution in [2.24, 2.45) is 0 Å². The van der Waals surface area contributed by atoms with Gasteiger partial charge in [-0.1, -0.05) is 26.7 Å². The van der Waals surface area contributed by atoms with E-state index < -0.39 is 57.6 Å². The Labute approximate surface area is 369 Å². The van der Waals surface area contributed by atoms with E-state index in [1.54, 1.807) is 25.1 Å². The van der Waals surface area contributed by atoms with E-state index in [9.17, 15) is 48.1 Å². The first-order chi connectivity index (χ1) is 30.4. The van der Waals surface area contributed by atoms with Gasteiger partial charge in [0.1, 0.15) is 42.3 Å². The Morgan fingerprint density at radius 1 is 0.547 bits per heavy atom. The molecule has 4 N–H and O–H groups in total. The van der Waals surface area contributed by atoms with E-state index in [-0.39, 0.29) is 81.5 Å². The maximum absolute atomic E-state index is 10.6. The van der Waals surface area contributed by atoms with Crippen LogP contribution in [-0.4, -0.2) is 88.0 Å². The van der Waals surface area contributed by atoms with Gasteiger partial charge >= 0.3 is 20.8 Å². The van der Waals surface area contributed by atoms with Crippen molar-refractivity contribution in [1.82, 2.24) is 0 Å². The third-order valence-electron chi connectivity index (χ3n) is 7.83. The van der Waals surface area contributed by atoms with Crippen molar-refractivity contribution in [3.8, 4) is 47.3 Å². The molecule has 0 aromatic heterocycles. The van der Waals surface area contributed by atoms with Gasteiger partial charge in [0.2, 0.25) is 0 Å². The van der Waals surface area contributed by atoms with E-state index in [1.807, 2.05) is 13.0 Å². The molecule has 2 rings (SSSR count). The topological polar surface area (TPSA) is 317 Å². The molecule has 2 aromatic rings. The number of aliphatic hydroxyl groups is 2. The lowest BCUT2D eigenvalue weighted by Gasteiger charge is -2.15. The summed E-state index contributed by atoms with van der Waals surface area (Å²) in [5.74, 6) is 0.0758. The average Bonchev–Trinajstić information content (AvgIpc) is 3.26. The van der Waals surface area contributed by atoms with E-state index in [2.05, 4.69) is 27.7 Å². The molecule has 0 saturated heterocycles. The molecule has 0 saturated carbocycles. The van der Waals surface area contributed by atoms with Crippen molar-refractivity contribution in [1.29, 1.82) is 21.0 Å². The van der Waals surface area contributed by atoms with Crippen molar-refractivity contribution >= 4 is 43.6 Å². The van der Waals surface area contributed by atoms with Gasteiger partial charge in [-0.15, -0.1) is 0 Å². The second-order valence-corrected chi connectivity index (χ2v) is 14.6. The molecule has 0 bridgehead atoms. The fourth-order valence-corrected chi connectivity index (χ4v) is 5.36. The van der Waals surface area contributed by atoms with Crippen LogP contribution in [0.4, 0.5) is 0 Å². The number of benzene rings is 2. The molecule has 0 amide bonds. The zero-order valence-electron chi connectivity index (χ0n) is 34.2. The summed E-state index contributed by atoms with van der Waals surface area (Å²) in [6.45, 7) is 31.2. The van der Waals surface area contributed by atoms with Crippen LogP contribution in [0.1, 0.15) is 52.4 Å². The first kappa shape index (κ1) is 54.7. The lowest BCUT2D eigenvalue weighted by Crippen LogP contribution is -2.28. The maximum atomic E-state index is 10.6. The number of hydrogen-bond acceptors (Lipinski definition) is 16. The van der Waals surface area contributed by atoms with Gasteiger partial charge in [-0.3, -0.25) is 9.11 Å². The minimum absolute atomic E-state index is 0.0458.